The molecule has 0 saturated heterocycles. The van der Waals surface area contributed by atoms with Crippen LogP contribution < -0.4 is 5.32 Å². The summed E-state index contributed by atoms with van der Waals surface area (Å²) in [7, 11) is 0. The number of aromatic nitrogens is 3. The Bertz CT molecular complexity index is 1240. The van der Waals surface area contributed by atoms with Gasteiger partial charge in [0.25, 0.3) is 0 Å². The Kier molecular flexibility index (Phi) is 7.14. The van der Waals surface area contributed by atoms with Crippen LogP contribution in [0.2, 0.25) is 0 Å². The molecular weight excluding hydrogens is 442 g/mol. The monoisotopic (exact) mass is 464 g/mol. The molecule has 0 saturated carbocycles. The first kappa shape index (κ1) is 22.7. The molecule has 0 aliphatic carbocycles. The smallest absolute Gasteiger partial charge is 0.230 e. The average Bonchev–Trinajstić information content (AvgIpc) is 3.26. The number of hydrogen-bond donors (Lipinski definition) is 1. The van der Waals surface area contributed by atoms with Crippen LogP contribution >= 0.6 is 11.8 Å². The molecule has 0 spiro atoms. The van der Waals surface area contributed by atoms with Gasteiger partial charge in [-0.2, -0.15) is 0 Å². The Balaban J connectivity index is 1.46. The lowest BCUT2D eigenvalue weighted by atomic mass is 9.98. The molecule has 33 heavy (non-hydrogen) atoms. The number of rotatable bonds is 8. The summed E-state index contributed by atoms with van der Waals surface area (Å²) in [5.74, 6) is -0.905. The van der Waals surface area contributed by atoms with Crippen molar-refractivity contribution in [3.05, 3.63) is 107 Å². The number of amides is 1. The molecule has 4 rings (SSSR count). The van der Waals surface area contributed by atoms with Crippen molar-refractivity contribution in [3.8, 4) is 5.69 Å². The summed E-state index contributed by atoms with van der Waals surface area (Å²) < 4.78 is 29.3. The van der Waals surface area contributed by atoms with Crippen LogP contribution in [0.25, 0.3) is 5.69 Å². The van der Waals surface area contributed by atoms with Crippen molar-refractivity contribution in [1.29, 1.82) is 0 Å². The number of aryl methyl sites for hydroxylation is 1. The van der Waals surface area contributed by atoms with Crippen molar-refractivity contribution in [2.75, 3.05) is 5.75 Å². The molecule has 0 unspecified atom stereocenters. The van der Waals surface area contributed by atoms with Gasteiger partial charge in [-0.3, -0.25) is 9.36 Å². The summed E-state index contributed by atoms with van der Waals surface area (Å²) in [6.07, 6.45) is 1.93. The summed E-state index contributed by atoms with van der Waals surface area (Å²) in [6, 6.07) is 19.6. The Labute approximate surface area is 194 Å². The van der Waals surface area contributed by atoms with Gasteiger partial charge in [0.05, 0.1) is 11.8 Å². The van der Waals surface area contributed by atoms with Crippen LogP contribution in [0.1, 0.15) is 22.7 Å². The number of nitrogens with one attached hydrogen (secondary N) is 1. The van der Waals surface area contributed by atoms with E-state index in [1.807, 2.05) is 35.8 Å². The molecule has 1 N–H and O–H groups in total. The number of carbonyl (C=O) groups excluding carboxylic acids is 1. The average molecular weight is 465 g/mol. The van der Waals surface area contributed by atoms with E-state index in [1.165, 1.54) is 36.0 Å². The van der Waals surface area contributed by atoms with E-state index < -0.39 is 11.9 Å². The fourth-order valence-corrected chi connectivity index (χ4v) is 4.19. The summed E-state index contributed by atoms with van der Waals surface area (Å²) in [4.78, 5) is 12.8. The molecule has 0 fully saturated rings. The van der Waals surface area contributed by atoms with Crippen LogP contribution in [0.5, 0.6) is 0 Å². The summed E-state index contributed by atoms with van der Waals surface area (Å²) in [5, 5.41) is 11.6. The van der Waals surface area contributed by atoms with Gasteiger partial charge in [-0.25, -0.2) is 8.78 Å². The third-order valence-electron chi connectivity index (χ3n) is 5.08. The maximum absolute atomic E-state index is 13.8. The van der Waals surface area contributed by atoms with Gasteiger partial charge in [-0.15, -0.1) is 10.2 Å². The molecule has 3 aromatic carbocycles. The van der Waals surface area contributed by atoms with Crippen molar-refractivity contribution in [1.82, 2.24) is 20.1 Å². The molecule has 4 aromatic rings. The van der Waals surface area contributed by atoms with Gasteiger partial charge >= 0.3 is 0 Å². The molecule has 0 aliphatic heterocycles. The van der Waals surface area contributed by atoms with Gasteiger partial charge in [0.15, 0.2) is 5.16 Å². The molecule has 168 valence electrons. The molecule has 1 atom stereocenters. The van der Waals surface area contributed by atoms with E-state index in [2.05, 4.69) is 15.5 Å². The normalized spacial score (nSPS) is 11.8. The Morgan fingerprint density at radius 1 is 1.03 bits per heavy atom. The molecular formula is C25H22F2N4OS. The molecule has 8 heteroatoms. The lowest BCUT2D eigenvalue weighted by Gasteiger charge is -2.20. The van der Waals surface area contributed by atoms with E-state index in [1.54, 1.807) is 30.6 Å². The minimum atomic E-state index is -0.509. The van der Waals surface area contributed by atoms with Crippen LogP contribution in [0, 0.1) is 18.6 Å². The standard InChI is InChI=1S/C25H22F2N4OS/c1-17-8-10-22(11-9-17)31-16-28-30-25(31)33-15-24(32)29-23(19-5-3-7-21(27)14-19)13-18-4-2-6-20(26)12-18/h2-12,14,16,23H,13,15H2,1H3,(H,29,32)/t23-/m1/s1. The first-order chi connectivity index (χ1) is 16.0. The quantitative estimate of drug-likeness (QED) is 0.371. The Hall–Kier alpha value is -3.52. The van der Waals surface area contributed by atoms with Crippen LogP contribution in [0.3, 0.4) is 0 Å². The molecule has 0 bridgehead atoms. The third kappa shape index (κ3) is 6.04. The van der Waals surface area contributed by atoms with Crippen molar-refractivity contribution in [3.63, 3.8) is 0 Å². The van der Waals surface area contributed by atoms with Crippen LogP contribution in [-0.4, -0.2) is 26.4 Å². The fraction of sp³-hybridized carbons (Fsp3) is 0.160. The second-order valence-corrected chi connectivity index (χ2v) is 8.56. The molecule has 1 amide bonds. The second-order valence-electron chi connectivity index (χ2n) is 7.62. The molecule has 1 heterocycles. The van der Waals surface area contributed by atoms with E-state index in [0.29, 0.717) is 22.7 Å². The highest BCUT2D eigenvalue weighted by Crippen LogP contribution is 2.23. The number of carbonyl (C=O) groups is 1. The van der Waals surface area contributed by atoms with Gasteiger partial charge in [0, 0.05) is 5.69 Å². The predicted molar refractivity (Wildman–Crippen MR) is 124 cm³/mol. The molecule has 0 aliphatic rings. The highest BCUT2D eigenvalue weighted by atomic mass is 32.2. The molecule has 5 nitrogen and oxygen atoms in total. The first-order valence-corrected chi connectivity index (χ1v) is 11.4. The van der Waals surface area contributed by atoms with Crippen LogP contribution in [0.15, 0.2) is 84.3 Å². The number of benzene rings is 3. The van der Waals surface area contributed by atoms with Crippen molar-refractivity contribution < 1.29 is 13.6 Å². The zero-order valence-corrected chi connectivity index (χ0v) is 18.7. The van der Waals surface area contributed by atoms with E-state index >= 15 is 0 Å². The summed E-state index contributed by atoms with van der Waals surface area (Å²) >= 11 is 1.25. The largest absolute Gasteiger partial charge is 0.348 e. The highest BCUT2D eigenvalue weighted by molar-refractivity contribution is 7.99. The van der Waals surface area contributed by atoms with Crippen LogP contribution in [0.4, 0.5) is 8.78 Å². The third-order valence-corrected chi connectivity index (χ3v) is 6.02. The Morgan fingerprint density at radius 2 is 1.76 bits per heavy atom. The lowest BCUT2D eigenvalue weighted by molar-refractivity contribution is -0.119. The first-order valence-electron chi connectivity index (χ1n) is 10.4. The molecule has 0 radical (unpaired) electrons. The van der Waals surface area contributed by atoms with Gasteiger partial charge in [0.1, 0.15) is 18.0 Å². The van der Waals surface area contributed by atoms with E-state index in [9.17, 15) is 13.6 Å². The zero-order valence-electron chi connectivity index (χ0n) is 17.9. The Morgan fingerprint density at radius 3 is 2.48 bits per heavy atom. The number of thioether (sulfide) groups is 1. The number of nitrogens with zero attached hydrogens (tertiary/aromatic N) is 3. The van der Waals surface area contributed by atoms with Gasteiger partial charge in [-0.05, 0) is 60.9 Å². The van der Waals surface area contributed by atoms with Crippen molar-refractivity contribution >= 4 is 17.7 Å². The second kappa shape index (κ2) is 10.4. The lowest BCUT2D eigenvalue weighted by Crippen LogP contribution is -2.31. The predicted octanol–water partition coefficient (Wildman–Crippen LogP) is 5.05. The van der Waals surface area contributed by atoms with E-state index in [-0.39, 0.29) is 17.5 Å². The summed E-state index contributed by atoms with van der Waals surface area (Å²) in [5.41, 5.74) is 3.36. The number of hydrogen-bond acceptors (Lipinski definition) is 4. The van der Waals surface area contributed by atoms with Crippen molar-refractivity contribution in [2.24, 2.45) is 0 Å². The maximum Gasteiger partial charge on any atom is 0.230 e. The van der Waals surface area contributed by atoms with E-state index in [0.717, 1.165) is 11.3 Å². The summed E-state index contributed by atoms with van der Waals surface area (Å²) in [6.45, 7) is 2.01. The molecule has 1 aromatic heterocycles. The number of halogens is 2. The topological polar surface area (TPSA) is 59.8 Å². The SMILES string of the molecule is Cc1ccc(-n2cnnc2SCC(=O)N[C@H](Cc2cccc(F)c2)c2cccc(F)c2)cc1. The minimum Gasteiger partial charge on any atom is -0.348 e. The van der Waals surface area contributed by atoms with E-state index in [4.69, 9.17) is 0 Å². The maximum atomic E-state index is 13.8. The van der Waals surface area contributed by atoms with Gasteiger partial charge in [0.2, 0.25) is 5.91 Å². The zero-order chi connectivity index (χ0) is 23.2. The fourth-order valence-electron chi connectivity index (χ4n) is 3.45. The van der Waals surface area contributed by atoms with Crippen molar-refractivity contribution in [2.45, 2.75) is 24.5 Å². The highest BCUT2D eigenvalue weighted by Gasteiger charge is 2.18. The van der Waals surface area contributed by atoms with Gasteiger partial charge < -0.3 is 5.32 Å². The van der Waals surface area contributed by atoms with Gasteiger partial charge in [-0.1, -0.05) is 53.7 Å². The van der Waals surface area contributed by atoms with Crippen LogP contribution in [-0.2, 0) is 11.2 Å². The minimum absolute atomic E-state index is 0.0967.